The SMILES string of the molecule is CCOc1ccc(C(=O)Nc2ccc(OC)cc2)cc1COc1cccc(C)c1. The first-order valence-electron chi connectivity index (χ1n) is 9.49. The van der Waals surface area contributed by atoms with Gasteiger partial charge in [0.25, 0.3) is 5.91 Å². The Morgan fingerprint density at radius 3 is 2.41 bits per heavy atom. The lowest BCUT2D eigenvalue weighted by Crippen LogP contribution is -2.13. The number of rotatable bonds is 8. The lowest BCUT2D eigenvalue weighted by Gasteiger charge is -2.14. The van der Waals surface area contributed by atoms with Crippen molar-refractivity contribution in [2.24, 2.45) is 0 Å². The first-order chi connectivity index (χ1) is 14.1. The maximum absolute atomic E-state index is 12.7. The van der Waals surface area contributed by atoms with Gasteiger partial charge in [0, 0.05) is 16.8 Å². The molecule has 0 saturated carbocycles. The number of hydrogen-bond donors (Lipinski definition) is 1. The predicted octanol–water partition coefficient (Wildman–Crippen LogP) is 5.23. The number of amides is 1. The van der Waals surface area contributed by atoms with E-state index in [0.29, 0.717) is 30.2 Å². The van der Waals surface area contributed by atoms with Crippen LogP contribution in [-0.4, -0.2) is 19.6 Å². The van der Waals surface area contributed by atoms with E-state index >= 15 is 0 Å². The second-order valence-corrected chi connectivity index (χ2v) is 6.54. The standard InChI is InChI=1S/C24H25NO4/c1-4-28-23-13-8-18(24(26)25-20-9-11-21(27-3)12-10-20)15-19(23)16-29-22-7-5-6-17(2)14-22/h5-15H,4,16H2,1-3H3,(H,25,26). The molecule has 0 unspecified atom stereocenters. The number of aryl methyl sites for hydroxylation is 1. The number of benzene rings is 3. The Hall–Kier alpha value is -3.47. The minimum absolute atomic E-state index is 0.199. The minimum atomic E-state index is -0.199. The monoisotopic (exact) mass is 391 g/mol. The number of carbonyl (C=O) groups is 1. The van der Waals surface area contributed by atoms with Crippen molar-refractivity contribution >= 4 is 11.6 Å². The van der Waals surface area contributed by atoms with Gasteiger partial charge in [0.2, 0.25) is 0 Å². The molecule has 1 N–H and O–H groups in total. The van der Waals surface area contributed by atoms with Crippen molar-refractivity contribution in [2.75, 3.05) is 19.0 Å². The molecule has 0 fully saturated rings. The average molecular weight is 391 g/mol. The van der Waals surface area contributed by atoms with Crippen LogP contribution in [0.1, 0.15) is 28.4 Å². The second kappa shape index (κ2) is 9.64. The van der Waals surface area contributed by atoms with Crippen LogP contribution in [-0.2, 0) is 6.61 Å². The van der Waals surface area contributed by atoms with Gasteiger partial charge in [-0.15, -0.1) is 0 Å². The van der Waals surface area contributed by atoms with E-state index in [0.717, 1.165) is 22.6 Å². The molecule has 5 nitrogen and oxygen atoms in total. The molecule has 29 heavy (non-hydrogen) atoms. The van der Waals surface area contributed by atoms with Gasteiger partial charge in [0.15, 0.2) is 0 Å². The zero-order valence-electron chi connectivity index (χ0n) is 16.9. The Morgan fingerprint density at radius 2 is 1.72 bits per heavy atom. The zero-order chi connectivity index (χ0) is 20.6. The van der Waals surface area contributed by atoms with Gasteiger partial charge in [-0.3, -0.25) is 4.79 Å². The molecular weight excluding hydrogens is 366 g/mol. The molecule has 0 aliphatic heterocycles. The van der Waals surface area contributed by atoms with E-state index in [-0.39, 0.29) is 5.91 Å². The van der Waals surface area contributed by atoms with Crippen LogP contribution in [0.15, 0.2) is 66.7 Å². The highest BCUT2D eigenvalue weighted by Crippen LogP contribution is 2.24. The van der Waals surface area contributed by atoms with E-state index in [1.54, 1.807) is 49.6 Å². The first-order valence-corrected chi connectivity index (χ1v) is 9.49. The van der Waals surface area contributed by atoms with Crippen molar-refractivity contribution in [3.63, 3.8) is 0 Å². The van der Waals surface area contributed by atoms with Gasteiger partial charge < -0.3 is 19.5 Å². The van der Waals surface area contributed by atoms with Crippen LogP contribution in [0.3, 0.4) is 0 Å². The molecule has 0 heterocycles. The minimum Gasteiger partial charge on any atom is -0.497 e. The third kappa shape index (κ3) is 5.51. The van der Waals surface area contributed by atoms with E-state index in [4.69, 9.17) is 14.2 Å². The van der Waals surface area contributed by atoms with E-state index in [1.165, 1.54) is 0 Å². The fraction of sp³-hybridized carbons (Fsp3) is 0.208. The van der Waals surface area contributed by atoms with Gasteiger partial charge in [-0.25, -0.2) is 0 Å². The number of anilines is 1. The Balaban J connectivity index is 1.76. The highest BCUT2D eigenvalue weighted by molar-refractivity contribution is 6.04. The summed E-state index contributed by atoms with van der Waals surface area (Å²) in [5, 5.41) is 2.89. The van der Waals surface area contributed by atoms with Gasteiger partial charge in [0.05, 0.1) is 13.7 Å². The van der Waals surface area contributed by atoms with Crippen molar-refractivity contribution in [2.45, 2.75) is 20.5 Å². The van der Waals surface area contributed by atoms with E-state index in [2.05, 4.69) is 5.32 Å². The average Bonchev–Trinajstić information content (AvgIpc) is 2.74. The summed E-state index contributed by atoms with van der Waals surface area (Å²) >= 11 is 0. The van der Waals surface area contributed by atoms with Crippen molar-refractivity contribution < 1.29 is 19.0 Å². The summed E-state index contributed by atoms with van der Waals surface area (Å²) in [5.74, 6) is 2.02. The fourth-order valence-corrected chi connectivity index (χ4v) is 2.87. The van der Waals surface area contributed by atoms with Gasteiger partial charge in [-0.1, -0.05) is 12.1 Å². The van der Waals surface area contributed by atoms with Crippen LogP contribution in [0.4, 0.5) is 5.69 Å². The maximum Gasteiger partial charge on any atom is 0.255 e. The molecular formula is C24H25NO4. The fourth-order valence-electron chi connectivity index (χ4n) is 2.87. The van der Waals surface area contributed by atoms with Crippen molar-refractivity contribution in [1.29, 1.82) is 0 Å². The van der Waals surface area contributed by atoms with Gasteiger partial charge in [-0.2, -0.15) is 0 Å². The van der Waals surface area contributed by atoms with Crippen LogP contribution in [0.5, 0.6) is 17.2 Å². The molecule has 0 atom stereocenters. The van der Waals surface area contributed by atoms with Crippen molar-refractivity contribution in [3.8, 4) is 17.2 Å². The van der Waals surface area contributed by atoms with E-state index in [9.17, 15) is 4.79 Å². The predicted molar refractivity (Wildman–Crippen MR) is 114 cm³/mol. The molecule has 3 aromatic rings. The molecule has 150 valence electrons. The molecule has 3 aromatic carbocycles. The number of hydrogen-bond acceptors (Lipinski definition) is 4. The Kier molecular flexibility index (Phi) is 6.74. The normalized spacial score (nSPS) is 10.3. The van der Waals surface area contributed by atoms with Crippen LogP contribution in [0, 0.1) is 6.92 Å². The van der Waals surface area contributed by atoms with Crippen molar-refractivity contribution in [3.05, 3.63) is 83.4 Å². The topological polar surface area (TPSA) is 56.8 Å². The highest BCUT2D eigenvalue weighted by Gasteiger charge is 2.12. The Morgan fingerprint density at radius 1 is 0.931 bits per heavy atom. The molecule has 0 radical (unpaired) electrons. The molecule has 0 spiro atoms. The van der Waals surface area contributed by atoms with Crippen molar-refractivity contribution in [1.82, 2.24) is 0 Å². The Labute approximate surface area is 171 Å². The van der Waals surface area contributed by atoms with E-state index < -0.39 is 0 Å². The van der Waals surface area contributed by atoms with Crippen LogP contribution < -0.4 is 19.5 Å². The highest BCUT2D eigenvalue weighted by atomic mass is 16.5. The lowest BCUT2D eigenvalue weighted by molar-refractivity contribution is 0.102. The van der Waals surface area contributed by atoms with Gasteiger partial charge in [0.1, 0.15) is 23.9 Å². The number of nitrogens with one attached hydrogen (secondary N) is 1. The first kappa shape index (κ1) is 20.3. The molecule has 0 bridgehead atoms. The Bertz CT molecular complexity index is 967. The summed E-state index contributed by atoms with van der Waals surface area (Å²) in [5.41, 5.74) is 3.17. The summed E-state index contributed by atoms with van der Waals surface area (Å²) in [7, 11) is 1.61. The molecule has 3 rings (SSSR count). The van der Waals surface area contributed by atoms with Gasteiger partial charge >= 0.3 is 0 Å². The molecule has 0 aromatic heterocycles. The third-order valence-corrected chi connectivity index (χ3v) is 4.35. The molecule has 0 aliphatic rings. The smallest absolute Gasteiger partial charge is 0.255 e. The quantitative estimate of drug-likeness (QED) is 0.571. The number of ether oxygens (including phenoxy) is 3. The number of carbonyl (C=O) groups excluding carboxylic acids is 1. The summed E-state index contributed by atoms with van der Waals surface area (Å²) in [6.07, 6.45) is 0. The maximum atomic E-state index is 12.7. The van der Waals surface area contributed by atoms with Crippen LogP contribution in [0.2, 0.25) is 0 Å². The third-order valence-electron chi connectivity index (χ3n) is 4.35. The van der Waals surface area contributed by atoms with Crippen LogP contribution in [0.25, 0.3) is 0 Å². The summed E-state index contributed by atoms with van der Waals surface area (Å²) in [6, 6.07) is 20.4. The molecule has 5 heteroatoms. The van der Waals surface area contributed by atoms with E-state index in [1.807, 2.05) is 38.1 Å². The largest absolute Gasteiger partial charge is 0.497 e. The number of methoxy groups -OCH3 is 1. The molecule has 0 aliphatic carbocycles. The van der Waals surface area contributed by atoms with Crippen LogP contribution >= 0.6 is 0 Å². The molecule has 1 amide bonds. The zero-order valence-corrected chi connectivity index (χ0v) is 16.9. The molecule has 0 saturated heterocycles. The summed E-state index contributed by atoms with van der Waals surface area (Å²) < 4.78 is 16.8. The summed E-state index contributed by atoms with van der Waals surface area (Å²) in [6.45, 7) is 4.79. The lowest BCUT2D eigenvalue weighted by atomic mass is 10.1. The van der Waals surface area contributed by atoms with Gasteiger partial charge in [-0.05, 0) is 74.0 Å². The second-order valence-electron chi connectivity index (χ2n) is 6.54. The summed E-state index contributed by atoms with van der Waals surface area (Å²) in [4.78, 5) is 12.7.